The normalized spacial score (nSPS) is 12.4. The first-order valence-electron chi connectivity index (χ1n) is 5.17. The largest absolute Gasteiger partial charge is 0.384 e. The van der Waals surface area contributed by atoms with E-state index in [-0.39, 0.29) is 0 Å². The van der Waals surface area contributed by atoms with Crippen LogP contribution in [0.3, 0.4) is 0 Å². The van der Waals surface area contributed by atoms with Crippen LogP contribution in [-0.2, 0) is 0 Å². The number of benzene rings is 2. The van der Waals surface area contributed by atoms with Crippen LogP contribution in [0.4, 0.5) is 0 Å². The van der Waals surface area contributed by atoms with E-state index >= 15 is 0 Å². The highest BCUT2D eigenvalue weighted by Crippen LogP contribution is 2.25. The molecule has 0 saturated heterocycles. The van der Waals surface area contributed by atoms with E-state index in [4.69, 9.17) is 0 Å². The van der Waals surface area contributed by atoms with Crippen LogP contribution < -0.4 is 0 Å². The Bertz CT molecular complexity index is 476. The van der Waals surface area contributed by atoms with E-state index < -0.39 is 6.10 Å². The Morgan fingerprint density at radius 3 is 2.25 bits per heavy atom. The Morgan fingerprint density at radius 2 is 1.62 bits per heavy atom. The van der Waals surface area contributed by atoms with Gasteiger partial charge in [0.25, 0.3) is 0 Å². The quantitative estimate of drug-likeness (QED) is 0.884. The predicted octanol–water partition coefficient (Wildman–Crippen LogP) is 3.84. The fraction of sp³-hybridized carbons (Fsp3) is 0.143. The summed E-state index contributed by atoms with van der Waals surface area (Å²) >= 11 is 3.38. The first kappa shape index (κ1) is 11.4. The molecule has 0 aromatic heterocycles. The van der Waals surface area contributed by atoms with Gasteiger partial charge in [0.2, 0.25) is 0 Å². The Hall–Kier alpha value is -1.12. The van der Waals surface area contributed by atoms with Gasteiger partial charge in [-0.2, -0.15) is 0 Å². The molecule has 1 atom stereocenters. The molecule has 0 heterocycles. The topological polar surface area (TPSA) is 20.2 Å². The molecule has 0 spiro atoms. The van der Waals surface area contributed by atoms with Crippen LogP contribution in [-0.4, -0.2) is 5.11 Å². The lowest BCUT2D eigenvalue weighted by molar-refractivity contribution is 0.219. The minimum absolute atomic E-state index is 0.547. The molecule has 82 valence electrons. The third-order valence-electron chi connectivity index (χ3n) is 2.67. The first-order chi connectivity index (χ1) is 7.68. The number of aliphatic hydroxyl groups excluding tert-OH is 1. The molecule has 2 rings (SSSR count). The zero-order valence-corrected chi connectivity index (χ0v) is 10.6. The minimum atomic E-state index is -0.547. The first-order valence-corrected chi connectivity index (χ1v) is 5.97. The molecule has 0 aliphatic carbocycles. The average molecular weight is 277 g/mol. The SMILES string of the molecule is Cc1ccccc1[C@H](O)c1ccc(Br)cc1. The van der Waals surface area contributed by atoms with Gasteiger partial charge in [-0.25, -0.2) is 0 Å². The molecule has 0 aliphatic heterocycles. The second-order valence-corrected chi connectivity index (χ2v) is 4.73. The van der Waals surface area contributed by atoms with Gasteiger partial charge in [0, 0.05) is 4.47 Å². The van der Waals surface area contributed by atoms with E-state index in [1.807, 2.05) is 55.5 Å². The summed E-state index contributed by atoms with van der Waals surface area (Å²) in [5.74, 6) is 0. The van der Waals surface area contributed by atoms with Crippen molar-refractivity contribution in [2.45, 2.75) is 13.0 Å². The standard InChI is InChI=1S/C14H13BrO/c1-10-4-2-3-5-13(10)14(16)11-6-8-12(15)9-7-11/h2-9,14,16H,1H3/t14-/m1/s1. The molecule has 0 bridgehead atoms. The van der Waals surface area contributed by atoms with Crippen LogP contribution >= 0.6 is 15.9 Å². The molecule has 2 aromatic carbocycles. The lowest BCUT2D eigenvalue weighted by Gasteiger charge is -2.13. The molecule has 1 N–H and O–H groups in total. The summed E-state index contributed by atoms with van der Waals surface area (Å²) in [4.78, 5) is 0. The van der Waals surface area contributed by atoms with E-state index in [1.165, 1.54) is 0 Å². The van der Waals surface area contributed by atoms with Crippen LogP contribution in [0.5, 0.6) is 0 Å². The van der Waals surface area contributed by atoms with Gasteiger partial charge in [-0.1, -0.05) is 52.3 Å². The molecule has 0 saturated carbocycles. The maximum Gasteiger partial charge on any atom is 0.104 e. The highest BCUT2D eigenvalue weighted by Gasteiger charge is 2.11. The number of aliphatic hydroxyl groups is 1. The van der Waals surface area contributed by atoms with Crippen molar-refractivity contribution in [1.29, 1.82) is 0 Å². The smallest absolute Gasteiger partial charge is 0.104 e. The van der Waals surface area contributed by atoms with E-state index in [2.05, 4.69) is 15.9 Å². The van der Waals surface area contributed by atoms with Crippen molar-refractivity contribution in [2.75, 3.05) is 0 Å². The maximum absolute atomic E-state index is 10.2. The second kappa shape index (κ2) is 4.81. The fourth-order valence-electron chi connectivity index (χ4n) is 1.72. The van der Waals surface area contributed by atoms with Gasteiger partial charge < -0.3 is 5.11 Å². The number of hydrogen-bond donors (Lipinski definition) is 1. The highest BCUT2D eigenvalue weighted by atomic mass is 79.9. The lowest BCUT2D eigenvalue weighted by Crippen LogP contribution is -2.01. The molecular formula is C14H13BrO. The van der Waals surface area contributed by atoms with Crippen LogP contribution in [0.25, 0.3) is 0 Å². The third kappa shape index (κ3) is 2.34. The van der Waals surface area contributed by atoms with Gasteiger partial charge in [0.05, 0.1) is 0 Å². The summed E-state index contributed by atoms with van der Waals surface area (Å²) in [7, 11) is 0. The van der Waals surface area contributed by atoms with Crippen LogP contribution in [0.2, 0.25) is 0 Å². The van der Waals surface area contributed by atoms with Crippen molar-refractivity contribution in [3.8, 4) is 0 Å². The van der Waals surface area contributed by atoms with Crippen molar-refractivity contribution in [1.82, 2.24) is 0 Å². The summed E-state index contributed by atoms with van der Waals surface area (Å²) in [5, 5.41) is 10.2. The Kier molecular flexibility index (Phi) is 3.42. The highest BCUT2D eigenvalue weighted by molar-refractivity contribution is 9.10. The van der Waals surface area contributed by atoms with E-state index in [0.29, 0.717) is 0 Å². The number of hydrogen-bond acceptors (Lipinski definition) is 1. The van der Waals surface area contributed by atoms with E-state index in [0.717, 1.165) is 21.2 Å². The summed E-state index contributed by atoms with van der Waals surface area (Å²) in [6.07, 6.45) is -0.547. The van der Waals surface area contributed by atoms with Crippen molar-refractivity contribution < 1.29 is 5.11 Å². The van der Waals surface area contributed by atoms with Crippen molar-refractivity contribution in [2.24, 2.45) is 0 Å². The van der Waals surface area contributed by atoms with Gasteiger partial charge in [-0.05, 0) is 35.7 Å². The second-order valence-electron chi connectivity index (χ2n) is 3.81. The maximum atomic E-state index is 10.2. The summed E-state index contributed by atoms with van der Waals surface area (Å²) in [5.41, 5.74) is 2.99. The number of aryl methyl sites for hydroxylation is 1. The summed E-state index contributed by atoms with van der Waals surface area (Å²) in [6.45, 7) is 2.01. The fourth-order valence-corrected chi connectivity index (χ4v) is 1.98. The predicted molar refractivity (Wildman–Crippen MR) is 69.4 cm³/mol. The van der Waals surface area contributed by atoms with E-state index in [1.54, 1.807) is 0 Å². The molecule has 0 unspecified atom stereocenters. The molecule has 2 heteroatoms. The molecule has 0 amide bonds. The average Bonchev–Trinajstić information content (AvgIpc) is 2.30. The summed E-state index contributed by atoms with van der Waals surface area (Å²) in [6, 6.07) is 15.6. The Morgan fingerprint density at radius 1 is 1.00 bits per heavy atom. The lowest BCUT2D eigenvalue weighted by atomic mass is 9.98. The molecule has 1 nitrogen and oxygen atoms in total. The molecule has 0 fully saturated rings. The third-order valence-corrected chi connectivity index (χ3v) is 3.20. The number of halogens is 1. The molecule has 0 aliphatic rings. The summed E-state index contributed by atoms with van der Waals surface area (Å²) < 4.78 is 1.02. The van der Waals surface area contributed by atoms with E-state index in [9.17, 15) is 5.11 Å². The van der Waals surface area contributed by atoms with Crippen molar-refractivity contribution in [3.63, 3.8) is 0 Å². The number of rotatable bonds is 2. The van der Waals surface area contributed by atoms with Gasteiger partial charge in [0.15, 0.2) is 0 Å². The van der Waals surface area contributed by atoms with Crippen LogP contribution in [0.15, 0.2) is 53.0 Å². The van der Waals surface area contributed by atoms with Gasteiger partial charge >= 0.3 is 0 Å². The van der Waals surface area contributed by atoms with Crippen molar-refractivity contribution >= 4 is 15.9 Å². The van der Waals surface area contributed by atoms with Gasteiger partial charge in [-0.3, -0.25) is 0 Å². The molecular weight excluding hydrogens is 264 g/mol. The van der Waals surface area contributed by atoms with Crippen molar-refractivity contribution in [3.05, 3.63) is 69.7 Å². The zero-order chi connectivity index (χ0) is 11.5. The molecule has 16 heavy (non-hydrogen) atoms. The van der Waals surface area contributed by atoms with Gasteiger partial charge in [-0.15, -0.1) is 0 Å². The Balaban J connectivity index is 2.35. The Labute approximate surface area is 104 Å². The molecule has 0 radical (unpaired) electrons. The van der Waals surface area contributed by atoms with Crippen LogP contribution in [0.1, 0.15) is 22.8 Å². The monoisotopic (exact) mass is 276 g/mol. The minimum Gasteiger partial charge on any atom is -0.384 e. The zero-order valence-electron chi connectivity index (χ0n) is 9.02. The molecule has 2 aromatic rings. The van der Waals surface area contributed by atoms with Gasteiger partial charge in [0.1, 0.15) is 6.10 Å². The van der Waals surface area contributed by atoms with Crippen LogP contribution in [0, 0.1) is 6.92 Å².